The molecule has 23 heavy (non-hydrogen) atoms. The second-order valence-corrected chi connectivity index (χ2v) is 6.30. The number of halogens is 2. The summed E-state index contributed by atoms with van der Waals surface area (Å²) in [6, 6.07) is 0.00808. The molecule has 0 unspecified atom stereocenters. The van der Waals surface area contributed by atoms with E-state index in [0.717, 1.165) is 5.69 Å². The van der Waals surface area contributed by atoms with Gasteiger partial charge in [-0.2, -0.15) is 0 Å². The molecule has 1 aliphatic rings. The Balaban J connectivity index is 1.52. The quantitative estimate of drug-likeness (QED) is 0.872. The van der Waals surface area contributed by atoms with Gasteiger partial charge in [0.2, 0.25) is 0 Å². The van der Waals surface area contributed by atoms with Crippen LogP contribution >= 0.6 is 11.3 Å². The first-order chi connectivity index (χ1) is 11.1. The molecule has 1 aliphatic heterocycles. The average Bonchev–Trinajstić information content (AvgIpc) is 3.19. The molecule has 2 aromatic rings. The molecule has 124 valence electrons. The second-order valence-electron chi connectivity index (χ2n) is 5.44. The average molecular weight is 341 g/mol. The zero-order chi connectivity index (χ0) is 16.2. The van der Waals surface area contributed by atoms with Gasteiger partial charge >= 0.3 is 0 Å². The number of aromatic amines is 1. The Labute approximate surface area is 135 Å². The Morgan fingerprint density at radius 1 is 1.48 bits per heavy atom. The highest BCUT2D eigenvalue weighted by Crippen LogP contribution is 2.21. The molecule has 1 amide bonds. The summed E-state index contributed by atoms with van der Waals surface area (Å²) in [6.07, 6.45) is 2.26. The molecule has 0 aromatic carbocycles. The lowest BCUT2D eigenvalue weighted by molar-refractivity contribution is 0.0695. The zero-order valence-corrected chi connectivity index (χ0v) is 13.2. The van der Waals surface area contributed by atoms with E-state index in [-0.39, 0.29) is 18.5 Å². The van der Waals surface area contributed by atoms with Crippen molar-refractivity contribution in [1.29, 1.82) is 0 Å². The van der Waals surface area contributed by atoms with E-state index in [1.165, 1.54) is 11.3 Å². The zero-order valence-electron chi connectivity index (χ0n) is 12.3. The fourth-order valence-corrected chi connectivity index (χ4v) is 3.36. The van der Waals surface area contributed by atoms with E-state index in [0.29, 0.717) is 36.6 Å². The van der Waals surface area contributed by atoms with Gasteiger partial charge in [-0.25, -0.2) is 18.7 Å². The number of hydrogen-bond donors (Lipinski definition) is 2. The second kappa shape index (κ2) is 7.14. The van der Waals surface area contributed by atoms with Gasteiger partial charge in [0.05, 0.1) is 24.8 Å². The summed E-state index contributed by atoms with van der Waals surface area (Å²) in [4.78, 5) is 25.1. The predicted molar refractivity (Wildman–Crippen MR) is 82.6 cm³/mol. The van der Waals surface area contributed by atoms with Gasteiger partial charge in [-0.1, -0.05) is 0 Å². The number of carbonyl (C=O) groups excluding carboxylic acids is 1. The van der Waals surface area contributed by atoms with Crippen LogP contribution in [-0.2, 0) is 0 Å². The lowest BCUT2D eigenvalue weighted by Crippen LogP contribution is -2.45. The standard InChI is InChI=1S/C14H17F2N5OS/c15-12(16)6-21-3-1-9(2-4-21)19-13(22)11-7-23-14(20-11)10-5-17-8-18-10/h5,7-9,12H,1-4,6H2,(H,17,18)(H,19,22). The molecule has 2 N–H and O–H groups in total. The van der Waals surface area contributed by atoms with E-state index in [1.807, 2.05) is 0 Å². The van der Waals surface area contributed by atoms with Crippen molar-refractivity contribution in [2.75, 3.05) is 19.6 Å². The fourth-order valence-electron chi connectivity index (χ4n) is 2.59. The molecule has 3 rings (SSSR count). The van der Waals surface area contributed by atoms with Crippen LogP contribution in [0.3, 0.4) is 0 Å². The third-order valence-corrected chi connectivity index (χ3v) is 4.66. The van der Waals surface area contributed by atoms with Crippen LogP contribution in [0.5, 0.6) is 0 Å². The summed E-state index contributed by atoms with van der Waals surface area (Å²) < 4.78 is 24.7. The molecule has 3 heterocycles. The van der Waals surface area contributed by atoms with E-state index in [1.54, 1.807) is 22.8 Å². The summed E-state index contributed by atoms with van der Waals surface area (Å²) in [5.41, 5.74) is 1.14. The maximum absolute atomic E-state index is 12.3. The Morgan fingerprint density at radius 3 is 2.91 bits per heavy atom. The van der Waals surface area contributed by atoms with Gasteiger partial charge in [-0.3, -0.25) is 9.69 Å². The Morgan fingerprint density at radius 2 is 2.26 bits per heavy atom. The van der Waals surface area contributed by atoms with Crippen molar-refractivity contribution in [3.8, 4) is 10.7 Å². The highest BCUT2D eigenvalue weighted by atomic mass is 32.1. The molecule has 1 saturated heterocycles. The van der Waals surface area contributed by atoms with Crippen LogP contribution in [-0.4, -0.2) is 57.9 Å². The van der Waals surface area contributed by atoms with E-state index >= 15 is 0 Å². The number of likely N-dealkylation sites (tertiary alicyclic amines) is 1. The van der Waals surface area contributed by atoms with Crippen LogP contribution in [0.15, 0.2) is 17.9 Å². The van der Waals surface area contributed by atoms with Crippen LogP contribution in [0.4, 0.5) is 8.78 Å². The largest absolute Gasteiger partial charge is 0.348 e. The molecule has 9 heteroatoms. The molecular formula is C14H17F2N5OS. The SMILES string of the molecule is O=C(NC1CCN(CC(F)F)CC1)c1csc(-c2cnc[nH]2)n1. The van der Waals surface area contributed by atoms with Crippen LogP contribution in [0, 0.1) is 0 Å². The van der Waals surface area contributed by atoms with Crippen molar-refractivity contribution in [2.24, 2.45) is 0 Å². The Bertz CT molecular complexity index is 637. The molecule has 0 bridgehead atoms. The third-order valence-electron chi connectivity index (χ3n) is 3.78. The molecule has 1 fully saturated rings. The number of H-pyrrole nitrogens is 1. The Kier molecular flexibility index (Phi) is 4.97. The van der Waals surface area contributed by atoms with Crippen molar-refractivity contribution < 1.29 is 13.6 Å². The molecule has 0 saturated carbocycles. The van der Waals surface area contributed by atoms with Gasteiger partial charge in [0.25, 0.3) is 12.3 Å². The minimum atomic E-state index is -2.31. The highest BCUT2D eigenvalue weighted by Gasteiger charge is 2.23. The normalized spacial score (nSPS) is 16.8. The van der Waals surface area contributed by atoms with Crippen molar-refractivity contribution in [1.82, 2.24) is 25.2 Å². The first kappa shape index (κ1) is 16.0. The fraction of sp³-hybridized carbons (Fsp3) is 0.500. The maximum atomic E-state index is 12.3. The van der Waals surface area contributed by atoms with Crippen molar-refractivity contribution in [3.05, 3.63) is 23.6 Å². The van der Waals surface area contributed by atoms with Gasteiger partial charge in [0.1, 0.15) is 10.7 Å². The number of carbonyl (C=O) groups is 1. The topological polar surface area (TPSA) is 73.9 Å². The van der Waals surface area contributed by atoms with Crippen molar-refractivity contribution in [2.45, 2.75) is 25.3 Å². The lowest BCUT2D eigenvalue weighted by Gasteiger charge is -2.31. The summed E-state index contributed by atoms with van der Waals surface area (Å²) in [5.74, 6) is -0.223. The minimum absolute atomic E-state index is 0.00808. The molecule has 0 spiro atoms. The predicted octanol–water partition coefficient (Wildman–Crippen LogP) is 1.99. The number of piperidine rings is 1. The number of imidazole rings is 1. The third kappa shape index (κ3) is 4.11. The summed E-state index contributed by atoms with van der Waals surface area (Å²) >= 11 is 1.37. The number of aromatic nitrogens is 3. The number of amides is 1. The van der Waals surface area contributed by atoms with Crippen LogP contribution in [0.2, 0.25) is 0 Å². The number of nitrogens with zero attached hydrogens (tertiary/aromatic N) is 3. The summed E-state index contributed by atoms with van der Waals surface area (Å²) in [5, 5.41) is 5.35. The van der Waals surface area contributed by atoms with Crippen molar-refractivity contribution >= 4 is 17.2 Å². The van der Waals surface area contributed by atoms with Crippen molar-refractivity contribution in [3.63, 3.8) is 0 Å². The first-order valence-electron chi connectivity index (χ1n) is 7.37. The minimum Gasteiger partial charge on any atom is -0.348 e. The number of alkyl halides is 2. The van der Waals surface area contributed by atoms with Crippen LogP contribution < -0.4 is 5.32 Å². The summed E-state index contributed by atoms with van der Waals surface area (Å²) in [6.45, 7) is 0.956. The molecule has 0 radical (unpaired) electrons. The first-order valence-corrected chi connectivity index (χ1v) is 8.25. The molecule has 0 aliphatic carbocycles. The number of thiazole rings is 1. The van der Waals surface area contributed by atoms with Gasteiger partial charge in [0.15, 0.2) is 0 Å². The lowest BCUT2D eigenvalue weighted by atomic mass is 10.0. The van der Waals surface area contributed by atoms with Gasteiger partial charge in [-0.05, 0) is 12.8 Å². The van der Waals surface area contributed by atoms with E-state index in [4.69, 9.17) is 0 Å². The summed E-state index contributed by atoms with van der Waals surface area (Å²) in [7, 11) is 0. The van der Waals surface area contributed by atoms with Crippen LogP contribution in [0.1, 0.15) is 23.3 Å². The number of rotatable bonds is 5. The smallest absolute Gasteiger partial charge is 0.270 e. The Hall–Kier alpha value is -1.87. The molecule has 2 aromatic heterocycles. The highest BCUT2D eigenvalue weighted by molar-refractivity contribution is 7.13. The van der Waals surface area contributed by atoms with Gasteiger partial charge < -0.3 is 10.3 Å². The van der Waals surface area contributed by atoms with E-state index in [9.17, 15) is 13.6 Å². The van der Waals surface area contributed by atoms with Gasteiger partial charge in [-0.15, -0.1) is 11.3 Å². The number of nitrogens with one attached hydrogen (secondary N) is 2. The molecule has 6 nitrogen and oxygen atoms in total. The molecular weight excluding hydrogens is 324 g/mol. The van der Waals surface area contributed by atoms with Crippen LogP contribution in [0.25, 0.3) is 10.7 Å². The van der Waals surface area contributed by atoms with Gasteiger partial charge in [0, 0.05) is 24.5 Å². The monoisotopic (exact) mass is 341 g/mol. The molecule has 0 atom stereocenters. The van der Waals surface area contributed by atoms with E-state index in [2.05, 4.69) is 20.3 Å². The number of hydrogen-bond acceptors (Lipinski definition) is 5. The maximum Gasteiger partial charge on any atom is 0.270 e. The van der Waals surface area contributed by atoms with E-state index < -0.39 is 6.43 Å².